The van der Waals surface area contributed by atoms with E-state index in [2.05, 4.69) is 4.98 Å². The number of likely N-dealkylation sites (tertiary alicyclic amines) is 1. The number of ether oxygens (including phenoxy) is 3. The van der Waals surface area contributed by atoms with Gasteiger partial charge in [0.1, 0.15) is 24.1 Å². The number of carbonyl (C=O) groups is 1. The number of hydrogen-bond acceptors (Lipinski definition) is 6. The van der Waals surface area contributed by atoms with E-state index in [-0.39, 0.29) is 11.9 Å². The number of anilines is 2. The van der Waals surface area contributed by atoms with Crippen molar-refractivity contribution in [3.05, 3.63) is 35.8 Å². The van der Waals surface area contributed by atoms with Crippen LogP contribution in [0.3, 0.4) is 0 Å². The van der Waals surface area contributed by atoms with Gasteiger partial charge in [0.15, 0.2) is 11.6 Å². The molecule has 148 valence electrons. The fourth-order valence-corrected chi connectivity index (χ4v) is 3.64. The molecule has 0 bridgehead atoms. The van der Waals surface area contributed by atoms with Crippen molar-refractivity contribution < 1.29 is 23.4 Å². The van der Waals surface area contributed by atoms with Gasteiger partial charge in [0.25, 0.3) is 0 Å². The van der Waals surface area contributed by atoms with Gasteiger partial charge in [0, 0.05) is 18.5 Å². The summed E-state index contributed by atoms with van der Waals surface area (Å²) in [5.41, 5.74) is 1.95. The number of hydrogen-bond donors (Lipinski definition) is 0. The van der Waals surface area contributed by atoms with E-state index in [1.807, 2.05) is 17.9 Å². The molecule has 3 heterocycles. The Morgan fingerprint density at radius 2 is 2.21 bits per heavy atom. The Kier molecular flexibility index (Phi) is 4.93. The third-order valence-electron chi connectivity index (χ3n) is 5.03. The summed E-state index contributed by atoms with van der Waals surface area (Å²) < 4.78 is 32.1. The second-order valence-electron chi connectivity index (χ2n) is 6.87. The Bertz CT molecular complexity index is 892. The number of benzene rings is 1. The predicted molar refractivity (Wildman–Crippen MR) is 101 cm³/mol. The van der Waals surface area contributed by atoms with Crippen molar-refractivity contribution >= 4 is 17.8 Å². The number of aromatic nitrogens is 1. The average Bonchev–Trinajstić information content (AvgIpc) is 3.17. The van der Waals surface area contributed by atoms with E-state index < -0.39 is 5.82 Å². The van der Waals surface area contributed by atoms with E-state index in [0.717, 1.165) is 17.7 Å². The first kappa shape index (κ1) is 18.3. The molecule has 0 unspecified atom stereocenters. The van der Waals surface area contributed by atoms with Crippen LogP contribution in [0, 0.1) is 12.7 Å². The Balaban J connectivity index is 1.66. The Hall–Kier alpha value is -3.03. The fraction of sp³-hybridized carbons (Fsp3) is 0.400. The van der Waals surface area contributed by atoms with E-state index in [1.54, 1.807) is 30.3 Å². The number of nitrogens with zero attached hydrogens (tertiary/aromatic N) is 3. The molecular formula is C20H22FN3O4. The molecule has 1 atom stereocenters. The lowest BCUT2D eigenvalue weighted by molar-refractivity contribution is -0.117. The summed E-state index contributed by atoms with van der Waals surface area (Å²) in [5.74, 6) is 0.682. The molecule has 2 aliphatic heterocycles. The van der Waals surface area contributed by atoms with Crippen molar-refractivity contribution in [3.63, 3.8) is 0 Å². The summed E-state index contributed by atoms with van der Waals surface area (Å²) in [6.45, 7) is 3.90. The standard InChI is InChI=1S/C20H22FN3O4/c1-13-9-14(10-22-20(13)26-2)24-7-8-27-17-4-3-16(18(21)19(17)24)28-15-5-6-23(11-15)12-25/h3-4,9-10,12,15H,5-8,11H2,1-2H3/t15-/m0/s1. The fourth-order valence-electron chi connectivity index (χ4n) is 3.64. The van der Waals surface area contributed by atoms with Crippen molar-refractivity contribution in [1.82, 2.24) is 9.88 Å². The molecule has 28 heavy (non-hydrogen) atoms. The Morgan fingerprint density at radius 3 is 2.93 bits per heavy atom. The molecule has 2 aromatic rings. The number of carbonyl (C=O) groups excluding carboxylic acids is 1. The van der Waals surface area contributed by atoms with E-state index in [0.29, 0.717) is 50.0 Å². The van der Waals surface area contributed by atoms with Gasteiger partial charge in [-0.15, -0.1) is 0 Å². The van der Waals surface area contributed by atoms with Crippen LogP contribution in [0.4, 0.5) is 15.8 Å². The van der Waals surface area contributed by atoms with Gasteiger partial charge in [-0.1, -0.05) is 0 Å². The molecule has 0 aliphatic carbocycles. The number of rotatable bonds is 5. The van der Waals surface area contributed by atoms with Crippen LogP contribution in [0.5, 0.6) is 17.4 Å². The minimum absolute atomic E-state index is 0.158. The summed E-state index contributed by atoms with van der Waals surface area (Å²) >= 11 is 0. The molecule has 8 heteroatoms. The second-order valence-corrected chi connectivity index (χ2v) is 6.87. The lowest BCUT2D eigenvalue weighted by atomic mass is 10.1. The first-order valence-electron chi connectivity index (χ1n) is 9.20. The number of pyridine rings is 1. The van der Waals surface area contributed by atoms with Crippen LogP contribution in [0.2, 0.25) is 0 Å². The Morgan fingerprint density at radius 1 is 1.36 bits per heavy atom. The minimum atomic E-state index is -0.477. The highest BCUT2D eigenvalue weighted by molar-refractivity contribution is 5.73. The first-order valence-corrected chi connectivity index (χ1v) is 9.20. The van der Waals surface area contributed by atoms with E-state index >= 15 is 4.39 Å². The second kappa shape index (κ2) is 7.53. The predicted octanol–water partition coefficient (Wildman–Crippen LogP) is 2.68. The molecule has 1 aromatic heterocycles. The van der Waals surface area contributed by atoms with Crippen LogP contribution in [0.15, 0.2) is 24.4 Å². The maximum atomic E-state index is 15.4. The maximum Gasteiger partial charge on any atom is 0.216 e. The van der Waals surface area contributed by atoms with Gasteiger partial charge < -0.3 is 24.0 Å². The van der Waals surface area contributed by atoms with E-state index in [4.69, 9.17) is 14.2 Å². The third kappa shape index (κ3) is 3.30. The first-order chi connectivity index (χ1) is 13.6. The van der Waals surface area contributed by atoms with Gasteiger partial charge in [-0.3, -0.25) is 4.79 Å². The van der Waals surface area contributed by atoms with Crippen molar-refractivity contribution in [2.24, 2.45) is 0 Å². The number of halogens is 1. The molecule has 0 saturated carbocycles. The summed E-state index contributed by atoms with van der Waals surface area (Å²) in [5, 5.41) is 0. The molecule has 1 saturated heterocycles. The van der Waals surface area contributed by atoms with Crippen LogP contribution in [0.25, 0.3) is 0 Å². The molecule has 2 aliphatic rings. The molecule has 0 N–H and O–H groups in total. The van der Waals surface area contributed by atoms with Gasteiger partial charge in [0.2, 0.25) is 12.3 Å². The van der Waals surface area contributed by atoms with Gasteiger partial charge in [-0.25, -0.2) is 9.37 Å². The van der Waals surface area contributed by atoms with Crippen LogP contribution >= 0.6 is 0 Å². The quantitative estimate of drug-likeness (QED) is 0.735. The molecule has 1 fully saturated rings. The van der Waals surface area contributed by atoms with Gasteiger partial charge in [0.05, 0.1) is 32.1 Å². The number of methoxy groups -OCH3 is 1. The molecule has 4 rings (SSSR count). The summed E-state index contributed by atoms with van der Waals surface area (Å²) in [4.78, 5) is 18.7. The highest BCUT2D eigenvalue weighted by atomic mass is 19.1. The molecule has 1 amide bonds. The van der Waals surface area contributed by atoms with Crippen molar-refractivity contribution in [2.75, 3.05) is 38.3 Å². The largest absolute Gasteiger partial charge is 0.489 e. The number of fused-ring (bicyclic) bond motifs is 1. The number of aryl methyl sites for hydroxylation is 1. The van der Waals surface area contributed by atoms with Gasteiger partial charge in [-0.05, 0) is 25.1 Å². The van der Waals surface area contributed by atoms with Crippen LogP contribution in [-0.2, 0) is 4.79 Å². The summed E-state index contributed by atoms with van der Waals surface area (Å²) in [7, 11) is 1.57. The molecule has 7 nitrogen and oxygen atoms in total. The monoisotopic (exact) mass is 387 g/mol. The lowest BCUT2D eigenvalue weighted by Crippen LogP contribution is -2.30. The van der Waals surface area contributed by atoms with Crippen molar-refractivity contribution in [1.29, 1.82) is 0 Å². The van der Waals surface area contributed by atoms with Crippen molar-refractivity contribution in [2.45, 2.75) is 19.4 Å². The smallest absolute Gasteiger partial charge is 0.216 e. The topological polar surface area (TPSA) is 64.1 Å². The maximum absolute atomic E-state index is 15.4. The summed E-state index contributed by atoms with van der Waals surface area (Å²) in [6.07, 6.45) is 2.91. The zero-order valence-corrected chi connectivity index (χ0v) is 15.9. The molecular weight excluding hydrogens is 365 g/mol. The molecule has 0 radical (unpaired) electrons. The van der Waals surface area contributed by atoms with Crippen LogP contribution in [-0.4, -0.2) is 55.7 Å². The van der Waals surface area contributed by atoms with Gasteiger partial charge in [-0.2, -0.15) is 0 Å². The minimum Gasteiger partial charge on any atom is -0.489 e. The molecule has 0 spiro atoms. The molecule has 1 aromatic carbocycles. The lowest BCUT2D eigenvalue weighted by Gasteiger charge is -2.32. The Labute approximate surface area is 162 Å². The zero-order valence-electron chi connectivity index (χ0n) is 15.9. The van der Waals surface area contributed by atoms with E-state index in [9.17, 15) is 4.79 Å². The summed E-state index contributed by atoms with van der Waals surface area (Å²) in [6, 6.07) is 5.21. The van der Waals surface area contributed by atoms with Crippen molar-refractivity contribution in [3.8, 4) is 17.4 Å². The van der Waals surface area contributed by atoms with Crippen LogP contribution in [0.1, 0.15) is 12.0 Å². The third-order valence-corrected chi connectivity index (χ3v) is 5.03. The van der Waals surface area contributed by atoms with Gasteiger partial charge >= 0.3 is 0 Å². The number of amides is 1. The highest BCUT2D eigenvalue weighted by Gasteiger charge is 2.29. The van der Waals surface area contributed by atoms with Crippen LogP contribution < -0.4 is 19.1 Å². The average molecular weight is 387 g/mol. The normalized spacial score (nSPS) is 18.5. The highest BCUT2D eigenvalue weighted by Crippen LogP contribution is 2.43. The SMILES string of the molecule is COc1ncc(N2CCOc3ccc(O[C@H]4CCN(C=O)C4)c(F)c32)cc1C. The zero-order chi connectivity index (χ0) is 19.7. The van der Waals surface area contributed by atoms with E-state index in [1.165, 1.54) is 0 Å².